The number of carbonyl (C=O) groups is 12. The molecule has 22 N–H and O–H groups in total. The van der Waals surface area contributed by atoms with Crippen LogP contribution in [-0.2, 0) is 70.4 Å². The molecule has 35 heteroatoms. The van der Waals surface area contributed by atoms with E-state index in [0.717, 1.165) is 6.92 Å². The van der Waals surface area contributed by atoms with Crippen LogP contribution in [0.15, 0.2) is 48.0 Å². The molecule has 0 unspecified atom stereocenters. The summed E-state index contributed by atoms with van der Waals surface area (Å²) in [4.78, 5) is 180. The molecular weight excluding hydrogens is 1240 g/mol. The molecular formula is C60H92N18O17. The van der Waals surface area contributed by atoms with Gasteiger partial charge in [-0.3, -0.25) is 57.7 Å². The summed E-state index contributed by atoms with van der Waals surface area (Å²) in [7, 11) is 0. The molecule has 13 atom stereocenters. The first-order chi connectivity index (χ1) is 45.0. The number of para-hydroxylation sites is 1. The summed E-state index contributed by atoms with van der Waals surface area (Å²) in [6.07, 6.45) is 4.08. The second kappa shape index (κ2) is 36.4. The summed E-state index contributed by atoms with van der Waals surface area (Å²) in [5, 5.41) is 73.9. The summed E-state index contributed by atoms with van der Waals surface area (Å²) in [6, 6.07) is -10.2. The van der Waals surface area contributed by atoms with Crippen molar-refractivity contribution in [3.8, 4) is 0 Å². The first-order valence-electron chi connectivity index (χ1n) is 31.4. The quantitative estimate of drug-likeness (QED) is 0.0146. The number of imidazole rings is 1. The number of H-pyrrole nitrogens is 2. The molecule has 2 aliphatic rings. The molecule has 2 saturated heterocycles. The fourth-order valence-corrected chi connectivity index (χ4v) is 11.0. The number of aliphatic hydroxyl groups is 4. The minimum Gasteiger partial charge on any atom is -0.480 e. The van der Waals surface area contributed by atoms with Crippen molar-refractivity contribution in [1.82, 2.24) is 72.6 Å². The number of aliphatic hydroxyl groups excluding tert-OH is 4. The number of hydrogen-bond acceptors (Lipinski definition) is 19. The van der Waals surface area contributed by atoms with Crippen molar-refractivity contribution in [2.24, 2.45) is 34.0 Å². The van der Waals surface area contributed by atoms with Crippen molar-refractivity contribution in [3.63, 3.8) is 0 Å². The monoisotopic (exact) mass is 1340 g/mol. The predicted octanol–water partition coefficient (Wildman–Crippen LogP) is -6.43. The molecule has 0 aliphatic carbocycles. The Balaban J connectivity index is 1.21. The van der Waals surface area contributed by atoms with Crippen LogP contribution in [0.25, 0.3) is 10.9 Å². The average Bonchev–Trinajstić information content (AvgIpc) is 1.76. The van der Waals surface area contributed by atoms with Crippen LogP contribution in [0.5, 0.6) is 0 Å². The third kappa shape index (κ3) is 21.9. The number of guanidine groups is 1. The second-order valence-corrected chi connectivity index (χ2v) is 24.3. The lowest BCUT2D eigenvalue weighted by molar-refractivity contribution is -0.143. The number of carboxylic acid groups (broad SMARTS) is 1. The van der Waals surface area contributed by atoms with E-state index in [2.05, 4.69) is 67.8 Å². The number of aliphatic imine (C=N–C) groups is 1. The third-order valence-electron chi connectivity index (χ3n) is 16.1. The zero-order chi connectivity index (χ0) is 70.4. The summed E-state index contributed by atoms with van der Waals surface area (Å²) in [5.41, 5.74) is 18.8. The number of rotatable bonds is 36. The number of fused-ring (bicyclic) bond motifs is 1. The predicted molar refractivity (Wildman–Crippen MR) is 340 cm³/mol. The Bertz CT molecular complexity index is 3190. The highest BCUT2D eigenvalue weighted by Crippen LogP contribution is 2.23. The van der Waals surface area contributed by atoms with Gasteiger partial charge in [0.05, 0.1) is 38.3 Å². The summed E-state index contributed by atoms with van der Waals surface area (Å²) >= 11 is 0. The van der Waals surface area contributed by atoms with Crippen LogP contribution < -0.4 is 65.1 Å². The van der Waals surface area contributed by atoms with Crippen LogP contribution in [0.3, 0.4) is 0 Å². The molecule has 524 valence electrons. The van der Waals surface area contributed by atoms with Crippen molar-refractivity contribution in [3.05, 3.63) is 54.2 Å². The number of nitrogens with two attached hydrogens (primary N) is 3. The van der Waals surface area contributed by atoms with Gasteiger partial charge in [0.1, 0.15) is 66.5 Å². The number of nitrogens with one attached hydrogen (secondary N) is 11. The van der Waals surface area contributed by atoms with E-state index in [-0.39, 0.29) is 76.5 Å². The second-order valence-electron chi connectivity index (χ2n) is 24.3. The Morgan fingerprint density at radius 1 is 0.621 bits per heavy atom. The average molecular weight is 1340 g/mol. The lowest BCUT2D eigenvalue weighted by Crippen LogP contribution is -2.63. The van der Waals surface area contributed by atoms with Gasteiger partial charge in [-0.1, -0.05) is 45.9 Å². The van der Waals surface area contributed by atoms with E-state index in [4.69, 9.17) is 17.2 Å². The lowest BCUT2D eigenvalue weighted by Gasteiger charge is -2.31. The number of nitrogens with zero attached hydrogens (tertiary/aromatic N) is 4. The number of amides is 11. The first kappa shape index (κ1) is 76.4. The standard InChI is InChI=1S/C60H92N18O17/c1-29(2)20-39(49(84)69-38(59(94)95)14-9-17-65-60(62)63)71-56(91)47(32(6)82)76-52(87)43(27-81)72-51(86)42(26-80)74-55(90)46(30(3)4)75-54(89)45-16-10-18-77(45)57(92)31(5)68-48(83)40(21-33-23-66-37-13-8-7-12-35(33)37)70-50(85)41(25-79)73-53(88)44-15-11-19-78(44)58(93)36(61)22-34-24-64-28-67-34/h7-8,12-13,23-24,28-32,36,38-47,66,79-82H,9-11,14-22,25-27,61H2,1-6H3,(H,64,67)(H,68,83)(H,69,84)(H,70,85)(H,71,91)(H,72,86)(H,73,88)(H,74,90)(H,75,89)(H,76,87)(H,94,95)(H4,62,63,65)/t31-,32+,36-,38-,39-,40-,41-,42-,43-,44-,45-,46-,47-/m0/s1. The molecule has 3 aromatic rings. The number of benzene rings is 1. The molecule has 1 aromatic carbocycles. The van der Waals surface area contributed by atoms with Gasteiger partial charge in [0.15, 0.2) is 5.96 Å². The van der Waals surface area contributed by atoms with Crippen LogP contribution in [-0.4, -0.2) is 245 Å². The minimum absolute atomic E-state index is 0.0237. The van der Waals surface area contributed by atoms with Crippen molar-refractivity contribution in [2.75, 3.05) is 39.5 Å². The highest BCUT2D eigenvalue weighted by molar-refractivity contribution is 6.00. The van der Waals surface area contributed by atoms with Gasteiger partial charge in [-0.2, -0.15) is 0 Å². The van der Waals surface area contributed by atoms with Crippen molar-refractivity contribution in [2.45, 2.75) is 178 Å². The number of aromatic amines is 2. The number of aromatic nitrogens is 3. The molecule has 0 radical (unpaired) electrons. The summed E-state index contributed by atoms with van der Waals surface area (Å²) in [6.45, 7) is 6.21. The zero-order valence-electron chi connectivity index (χ0n) is 54.0. The SMILES string of the molecule is CC(C)C[C@H](NC(=O)[C@@H](NC(=O)[C@H](CO)NC(=O)[C@H](CO)NC(=O)[C@@H](NC(=O)[C@@H]1CCCN1C(=O)[C@H](C)NC(=O)[C@H](Cc1c[nH]c2ccccc12)NC(=O)[C@H](CO)NC(=O)[C@@H]1CCCN1C(=O)[C@@H](N)Cc1cnc[nH]1)C(C)C)[C@@H](C)O)C(=O)N[C@@H](CCCN=C(N)N)C(=O)O. The van der Waals surface area contributed by atoms with Crippen LogP contribution in [0.1, 0.15) is 97.7 Å². The molecule has 0 spiro atoms. The van der Waals surface area contributed by atoms with Crippen molar-refractivity contribution < 1.29 is 83.1 Å². The Kier molecular flexibility index (Phi) is 29.2. The molecule has 2 aliphatic heterocycles. The van der Waals surface area contributed by atoms with E-state index in [9.17, 15) is 83.1 Å². The number of carbonyl (C=O) groups excluding carboxylic acids is 11. The van der Waals surface area contributed by atoms with Crippen LogP contribution >= 0.6 is 0 Å². The normalized spacial score (nSPS) is 18.1. The molecule has 5 rings (SSSR count). The Hall–Kier alpha value is -9.32. The maximum absolute atomic E-state index is 14.4. The molecule has 0 bridgehead atoms. The van der Waals surface area contributed by atoms with Gasteiger partial charge in [0.25, 0.3) is 0 Å². The van der Waals surface area contributed by atoms with Crippen LogP contribution in [0.4, 0.5) is 0 Å². The molecule has 95 heavy (non-hydrogen) atoms. The topological polar surface area (TPSA) is 556 Å². The van der Waals surface area contributed by atoms with Gasteiger partial charge >= 0.3 is 5.97 Å². The smallest absolute Gasteiger partial charge is 0.326 e. The number of hydrogen-bond donors (Lipinski definition) is 19. The first-order valence-corrected chi connectivity index (χ1v) is 31.4. The molecule has 11 amide bonds. The zero-order valence-corrected chi connectivity index (χ0v) is 54.0. The lowest BCUT2D eigenvalue weighted by atomic mass is 10.0. The van der Waals surface area contributed by atoms with E-state index in [1.807, 2.05) is 0 Å². The molecule has 4 heterocycles. The van der Waals surface area contributed by atoms with Crippen LogP contribution in [0, 0.1) is 11.8 Å². The summed E-state index contributed by atoms with van der Waals surface area (Å²) < 4.78 is 0. The molecule has 35 nitrogen and oxygen atoms in total. The Morgan fingerprint density at radius 2 is 1.14 bits per heavy atom. The van der Waals surface area contributed by atoms with Crippen LogP contribution in [0.2, 0.25) is 0 Å². The van der Waals surface area contributed by atoms with E-state index < -0.39 is 175 Å². The minimum atomic E-state index is -1.88. The van der Waals surface area contributed by atoms with Crippen molar-refractivity contribution in [1.29, 1.82) is 0 Å². The fraction of sp³-hybridized carbons (Fsp3) is 0.600. The largest absolute Gasteiger partial charge is 0.480 e. The number of carboxylic acids is 1. The molecule has 2 fully saturated rings. The van der Waals surface area contributed by atoms with E-state index in [0.29, 0.717) is 35.0 Å². The molecule has 2 aromatic heterocycles. The van der Waals surface area contributed by atoms with E-state index in [1.54, 1.807) is 58.2 Å². The number of likely N-dealkylation sites (tertiary alicyclic amines) is 2. The van der Waals surface area contributed by atoms with E-state index >= 15 is 0 Å². The van der Waals surface area contributed by atoms with E-state index in [1.165, 1.54) is 29.2 Å². The highest BCUT2D eigenvalue weighted by atomic mass is 16.4. The molecule has 0 saturated carbocycles. The van der Waals surface area contributed by atoms with Crippen molar-refractivity contribution >= 4 is 87.8 Å². The third-order valence-corrected chi connectivity index (χ3v) is 16.1. The fourth-order valence-electron chi connectivity index (χ4n) is 11.0. The Morgan fingerprint density at radius 3 is 1.69 bits per heavy atom. The van der Waals surface area contributed by atoms with Gasteiger partial charge in [-0.05, 0) is 82.3 Å². The van der Waals surface area contributed by atoms with Gasteiger partial charge in [-0.15, -0.1) is 0 Å². The Labute approximate surface area is 547 Å². The van der Waals surface area contributed by atoms with Gasteiger partial charge in [-0.25, -0.2) is 9.78 Å². The highest BCUT2D eigenvalue weighted by Gasteiger charge is 2.42. The van der Waals surface area contributed by atoms with Gasteiger partial charge in [0.2, 0.25) is 65.0 Å². The maximum atomic E-state index is 14.4. The maximum Gasteiger partial charge on any atom is 0.326 e. The van der Waals surface area contributed by atoms with Gasteiger partial charge in [0, 0.05) is 61.5 Å². The number of aliphatic carboxylic acids is 1. The van der Waals surface area contributed by atoms with Gasteiger partial charge < -0.3 is 110 Å². The summed E-state index contributed by atoms with van der Waals surface area (Å²) in [5.74, 6) is -12.6.